The van der Waals surface area contributed by atoms with Gasteiger partial charge >= 0.3 is 0 Å². The quantitative estimate of drug-likeness (QED) is 0.644. The molecule has 2 rings (SSSR count). The number of aryl methyl sites for hydroxylation is 1. The van der Waals surface area contributed by atoms with Crippen LogP contribution in [0.1, 0.15) is 29.8 Å². The third-order valence-corrected chi connectivity index (χ3v) is 6.63. The van der Waals surface area contributed by atoms with Crippen molar-refractivity contribution >= 4 is 15.9 Å². The number of benzene rings is 2. The number of carbonyl (C=O) groups excluding carboxylic acids is 1. The molecule has 7 heteroatoms. The summed E-state index contributed by atoms with van der Waals surface area (Å²) in [5, 5.41) is 0. The minimum absolute atomic E-state index is 0.180. The van der Waals surface area contributed by atoms with E-state index in [0.29, 0.717) is 31.8 Å². The molecule has 0 radical (unpaired) electrons. The average Bonchev–Trinajstić information content (AvgIpc) is 2.69. The van der Waals surface area contributed by atoms with E-state index in [1.54, 1.807) is 37.9 Å². The summed E-state index contributed by atoms with van der Waals surface area (Å²) in [7, 11) is -1.83. The Morgan fingerprint density at radius 3 is 2.18 bits per heavy atom. The fourth-order valence-corrected chi connectivity index (χ4v) is 4.27. The molecule has 0 aliphatic rings. The molecule has 0 aliphatic heterocycles. The predicted molar refractivity (Wildman–Crippen MR) is 110 cm³/mol. The molecule has 6 nitrogen and oxygen atoms in total. The predicted octanol–water partition coefficient (Wildman–Crippen LogP) is 3.18. The zero-order valence-electron chi connectivity index (χ0n) is 16.9. The van der Waals surface area contributed by atoms with E-state index in [1.165, 1.54) is 16.4 Å². The lowest BCUT2D eigenvalue weighted by atomic mass is 10.2. The highest BCUT2D eigenvalue weighted by molar-refractivity contribution is 7.89. The molecule has 0 N–H and O–H groups in total. The molecular weight excluding hydrogens is 376 g/mol. The Bertz CT molecular complexity index is 891. The number of carbonyl (C=O) groups is 1. The van der Waals surface area contributed by atoms with Gasteiger partial charge in [0, 0.05) is 25.7 Å². The van der Waals surface area contributed by atoms with Gasteiger partial charge in [-0.15, -0.1) is 0 Å². The molecule has 1 amide bonds. The number of hydrogen-bond donors (Lipinski definition) is 0. The number of amides is 1. The molecule has 2 aromatic rings. The van der Waals surface area contributed by atoms with Crippen LogP contribution in [0.5, 0.6) is 5.75 Å². The molecule has 0 fully saturated rings. The minimum Gasteiger partial charge on any atom is -0.491 e. The third-order valence-electron chi connectivity index (χ3n) is 4.57. The van der Waals surface area contributed by atoms with E-state index < -0.39 is 10.0 Å². The van der Waals surface area contributed by atoms with Crippen LogP contribution in [0.15, 0.2) is 53.4 Å². The van der Waals surface area contributed by atoms with Crippen LogP contribution in [-0.4, -0.2) is 56.8 Å². The van der Waals surface area contributed by atoms with E-state index in [9.17, 15) is 13.2 Å². The highest BCUT2D eigenvalue weighted by Gasteiger charge is 2.22. The Labute approximate surface area is 167 Å². The number of ether oxygens (including phenoxy) is 1. The van der Waals surface area contributed by atoms with Crippen LogP contribution < -0.4 is 4.74 Å². The number of rotatable bonds is 9. The van der Waals surface area contributed by atoms with Gasteiger partial charge in [0.15, 0.2) is 0 Å². The number of hydrogen-bond acceptors (Lipinski definition) is 4. The van der Waals surface area contributed by atoms with Crippen LogP contribution in [0.2, 0.25) is 0 Å². The van der Waals surface area contributed by atoms with Crippen molar-refractivity contribution in [2.75, 3.05) is 33.3 Å². The molecule has 0 atom stereocenters. The van der Waals surface area contributed by atoms with Crippen LogP contribution in [0.4, 0.5) is 0 Å². The van der Waals surface area contributed by atoms with E-state index >= 15 is 0 Å². The summed E-state index contributed by atoms with van der Waals surface area (Å²) in [6, 6.07) is 13.8. The Morgan fingerprint density at radius 2 is 1.61 bits per heavy atom. The summed E-state index contributed by atoms with van der Waals surface area (Å²) in [5.41, 5.74) is 1.48. The maximum absolute atomic E-state index is 12.6. The Hall–Kier alpha value is -2.38. The summed E-state index contributed by atoms with van der Waals surface area (Å²) in [6.45, 7) is 7.18. The molecule has 28 heavy (non-hydrogen) atoms. The van der Waals surface area contributed by atoms with Gasteiger partial charge in [-0.3, -0.25) is 4.79 Å². The van der Waals surface area contributed by atoms with Crippen molar-refractivity contribution < 1.29 is 17.9 Å². The SMILES string of the molecule is CCN(CC)S(=O)(=O)c1ccc(C(=O)N(C)CCOc2ccccc2C)cc1. The Morgan fingerprint density at radius 1 is 1.00 bits per heavy atom. The zero-order valence-corrected chi connectivity index (χ0v) is 17.7. The van der Waals surface area contributed by atoms with Crippen LogP contribution in [0.25, 0.3) is 0 Å². The first-order valence-electron chi connectivity index (χ1n) is 9.35. The van der Waals surface area contributed by atoms with E-state index in [1.807, 2.05) is 31.2 Å². The smallest absolute Gasteiger partial charge is 0.253 e. The number of likely N-dealkylation sites (N-methyl/N-ethyl adjacent to an activating group) is 1. The summed E-state index contributed by atoms with van der Waals surface area (Å²) >= 11 is 0. The van der Waals surface area contributed by atoms with Gasteiger partial charge in [0.2, 0.25) is 10.0 Å². The van der Waals surface area contributed by atoms with Crippen LogP contribution in [0.3, 0.4) is 0 Å². The Balaban J connectivity index is 1.99. The molecule has 0 spiro atoms. The second-order valence-corrected chi connectivity index (χ2v) is 8.39. The summed E-state index contributed by atoms with van der Waals surface area (Å²) < 4.78 is 32.2. The van der Waals surface area contributed by atoms with Crippen molar-refractivity contribution in [1.82, 2.24) is 9.21 Å². The van der Waals surface area contributed by atoms with Gasteiger partial charge in [-0.05, 0) is 42.8 Å². The first kappa shape index (κ1) is 21.9. The van der Waals surface area contributed by atoms with Gasteiger partial charge in [-0.25, -0.2) is 8.42 Å². The van der Waals surface area contributed by atoms with Crippen molar-refractivity contribution in [3.63, 3.8) is 0 Å². The Kier molecular flexibility index (Phi) is 7.60. The highest BCUT2D eigenvalue weighted by atomic mass is 32.2. The van der Waals surface area contributed by atoms with Crippen LogP contribution in [0, 0.1) is 6.92 Å². The molecule has 152 valence electrons. The zero-order chi connectivity index (χ0) is 20.7. The van der Waals surface area contributed by atoms with Gasteiger partial charge in [-0.2, -0.15) is 4.31 Å². The lowest BCUT2D eigenvalue weighted by Crippen LogP contribution is -2.31. The van der Waals surface area contributed by atoms with Gasteiger partial charge in [0.25, 0.3) is 5.91 Å². The van der Waals surface area contributed by atoms with Gasteiger partial charge in [-0.1, -0.05) is 32.0 Å². The first-order chi connectivity index (χ1) is 13.3. The van der Waals surface area contributed by atoms with Gasteiger partial charge in [0.1, 0.15) is 12.4 Å². The van der Waals surface area contributed by atoms with E-state index in [0.717, 1.165) is 11.3 Å². The first-order valence-corrected chi connectivity index (χ1v) is 10.8. The van der Waals surface area contributed by atoms with Crippen molar-refractivity contribution in [3.8, 4) is 5.75 Å². The monoisotopic (exact) mass is 404 g/mol. The van der Waals surface area contributed by atoms with Crippen LogP contribution in [-0.2, 0) is 10.0 Å². The van der Waals surface area contributed by atoms with Gasteiger partial charge < -0.3 is 9.64 Å². The molecule has 0 bridgehead atoms. The van der Waals surface area contributed by atoms with Crippen molar-refractivity contribution in [2.45, 2.75) is 25.7 Å². The molecule has 0 aromatic heterocycles. The molecule has 2 aromatic carbocycles. The molecular formula is C21H28N2O4S. The lowest BCUT2D eigenvalue weighted by molar-refractivity contribution is 0.0773. The maximum Gasteiger partial charge on any atom is 0.253 e. The second-order valence-electron chi connectivity index (χ2n) is 6.45. The second kappa shape index (κ2) is 9.71. The maximum atomic E-state index is 12.6. The van der Waals surface area contributed by atoms with Gasteiger partial charge in [0.05, 0.1) is 11.4 Å². The molecule has 0 saturated carbocycles. The standard InChI is InChI=1S/C21H28N2O4S/c1-5-23(6-2)28(25,26)19-13-11-18(12-14-19)21(24)22(4)15-16-27-20-10-8-7-9-17(20)3/h7-14H,5-6,15-16H2,1-4H3. The number of para-hydroxylation sites is 1. The lowest BCUT2D eigenvalue weighted by Gasteiger charge is -2.20. The number of nitrogens with zero attached hydrogens (tertiary/aromatic N) is 2. The molecule has 0 aliphatic carbocycles. The normalized spacial score (nSPS) is 11.5. The average molecular weight is 405 g/mol. The highest BCUT2D eigenvalue weighted by Crippen LogP contribution is 2.18. The van der Waals surface area contributed by atoms with Crippen LogP contribution >= 0.6 is 0 Å². The summed E-state index contributed by atoms with van der Waals surface area (Å²) in [5.74, 6) is 0.620. The van der Waals surface area contributed by atoms with Crippen molar-refractivity contribution in [3.05, 3.63) is 59.7 Å². The van der Waals surface area contributed by atoms with E-state index in [4.69, 9.17) is 4.74 Å². The number of sulfonamides is 1. The minimum atomic E-state index is -3.52. The fourth-order valence-electron chi connectivity index (χ4n) is 2.81. The molecule has 0 unspecified atom stereocenters. The third kappa shape index (κ3) is 5.11. The molecule has 0 saturated heterocycles. The fraction of sp³-hybridized carbons (Fsp3) is 0.381. The van der Waals surface area contributed by atoms with E-state index in [2.05, 4.69) is 0 Å². The summed E-state index contributed by atoms with van der Waals surface area (Å²) in [4.78, 5) is 14.3. The largest absolute Gasteiger partial charge is 0.491 e. The molecule has 0 heterocycles. The topological polar surface area (TPSA) is 66.9 Å². The summed E-state index contributed by atoms with van der Waals surface area (Å²) in [6.07, 6.45) is 0. The van der Waals surface area contributed by atoms with Crippen molar-refractivity contribution in [2.24, 2.45) is 0 Å². The van der Waals surface area contributed by atoms with Crippen molar-refractivity contribution in [1.29, 1.82) is 0 Å². The van der Waals surface area contributed by atoms with E-state index in [-0.39, 0.29) is 10.8 Å².